The first-order valence-electron chi connectivity index (χ1n) is 12.8. The maximum atomic E-state index is 4.98. The van der Waals surface area contributed by atoms with Crippen molar-refractivity contribution in [2.45, 2.75) is 0 Å². The van der Waals surface area contributed by atoms with Gasteiger partial charge in [0.2, 0.25) is 0 Å². The minimum absolute atomic E-state index is 0.951. The largest absolute Gasteiger partial charge is 0.279 e. The molecular formula is C35H24N3+. The number of fused-ring (bicyclic) bond motifs is 1. The zero-order valence-electron chi connectivity index (χ0n) is 20.7. The summed E-state index contributed by atoms with van der Waals surface area (Å²) in [5.41, 5.74) is 7.97. The fraction of sp³-hybridized carbons (Fsp3) is 0. The fourth-order valence-corrected chi connectivity index (χ4v) is 5.18. The van der Waals surface area contributed by atoms with Crippen LogP contribution in [0.25, 0.3) is 33.0 Å². The molecule has 2 heterocycles. The molecule has 38 heavy (non-hydrogen) atoms. The monoisotopic (exact) mass is 486 g/mol. The van der Waals surface area contributed by atoms with Crippen molar-refractivity contribution in [3.63, 3.8) is 0 Å². The van der Waals surface area contributed by atoms with Crippen LogP contribution in [-0.4, -0.2) is 21.2 Å². The molecule has 0 radical (unpaired) electrons. The minimum atomic E-state index is 0.951. The highest BCUT2D eigenvalue weighted by Gasteiger charge is 2.32. The SMILES string of the molecule is c1ccc(C2=NC(c3ccc(-c4ccc5ccccc5c4-c4cccnc4)cc3)=[N+]2c2ccccc2)cc1. The van der Waals surface area contributed by atoms with Gasteiger partial charge in [-0.3, -0.25) is 4.98 Å². The number of amidine groups is 2. The number of aromatic nitrogens is 1. The molecule has 6 aromatic rings. The average molecular weight is 487 g/mol. The molecule has 0 aliphatic carbocycles. The van der Waals surface area contributed by atoms with Gasteiger partial charge in [-0.15, -0.1) is 0 Å². The summed E-state index contributed by atoms with van der Waals surface area (Å²) in [6, 6.07) is 46.6. The molecule has 1 aliphatic rings. The molecule has 5 aromatic carbocycles. The third-order valence-electron chi connectivity index (χ3n) is 7.02. The summed E-state index contributed by atoms with van der Waals surface area (Å²) in [7, 11) is 0. The molecule has 3 nitrogen and oxygen atoms in total. The van der Waals surface area contributed by atoms with Gasteiger partial charge in [0.15, 0.2) is 0 Å². The van der Waals surface area contributed by atoms with Gasteiger partial charge in [-0.25, -0.2) is 0 Å². The lowest BCUT2D eigenvalue weighted by atomic mass is 9.90. The van der Waals surface area contributed by atoms with Gasteiger partial charge in [-0.1, -0.05) is 96.0 Å². The van der Waals surface area contributed by atoms with Crippen molar-refractivity contribution in [1.82, 2.24) is 4.98 Å². The fourth-order valence-electron chi connectivity index (χ4n) is 5.18. The maximum absolute atomic E-state index is 4.98. The first-order valence-corrected chi connectivity index (χ1v) is 12.8. The van der Waals surface area contributed by atoms with Crippen molar-refractivity contribution in [3.05, 3.63) is 157 Å². The number of para-hydroxylation sites is 1. The number of hydrogen-bond donors (Lipinski definition) is 0. The van der Waals surface area contributed by atoms with Gasteiger partial charge < -0.3 is 0 Å². The molecule has 0 bridgehead atoms. The first-order chi connectivity index (χ1) is 18.9. The van der Waals surface area contributed by atoms with E-state index in [1.165, 1.54) is 21.9 Å². The molecule has 7 rings (SSSR count). The molecule has 0 unspecified atom stereocenters. The van der Waals surface area contributed by atoms with E-state index in [2.05, 4.69) is 125 Å². The third kappa shape index (κ3) is 3.82. The van der Waals surface area contributed by atoms with Gasteiger partial charge in [0, 0.05) is 18.0 Å². The molecule has 0 spiro atoms. The van der Waals surface area contributed by atoms with Crippen LogP contribution < -0.4 is 0 Å². The van der Waals surface area contributed by atoms with E-state index in [-0.39, 0.29) is 0 Å². The summed E-state index contributed by atoms with van der Waals surface area (Å²) in [6.45, 7) is 0. The number of aliphatic imine (C=N–C) groups is 1. The average Bonchev–Trinajstić information content (AvgIpc) is 2.98. The second kappa shape index (κ2) is 9.38. The van der Waals surface area contributed by atoms with Crippen LogP contribution in [0.3, 0.4) is 0 Å². The van der Waals surface area contributed by atoms with Gasteiger partial charge in [-0.2, -0.15) is 4.58 Å². The summed E-state index contributed by atoms with van der Waals surface area (Å²) in [5.74, 6) is 1.91. The Morgan fingerprint density at radius 2 is 1.18 bits per heavy atom. The first kappa shape index (κ1) is 22.1. The van der Waals surface area contributed by atoms with Crippen LogP contribution in [0, 0.1) is 0 Å². The number of benzene rings is 5. The second-order valence-electron chi connectivity index (χ2n) is 9.32. The smallest absolute Gasteiger partial charge is 0.264 e. The Balaban J connectivity index is 1.33. The molecule has 0 saturated carbocycles. The Labute approximate surface area is 221 Å². The Morgan fingerprint density at radius 1 is 0.500 bits per heavy atom. The highest BCUT2D eigenvalue weighted by molar-refractivity contribution is 6.16. The van der Waals surface area contributed by atoms with E-state index in [0.29, 0.717) is 0 Å². The maximum Gasteiger partial charge on any atom is 0.279 e. The summed E-state index contributed by atoms with van der Waals surface area (Å²) >= 11 is 0. The van der Waals surface area contributed by atoms with Crippen molar-refractivity contribution < 1.29 is 4.58 Å². The van der Waals surface area contributed by atoms with Crippen LogP contribution in [0.2, 0.25) is 0 Å². The number of rotatable bonds is 5. The molecule has 0 fully saturated rings. The second-order valence-corrected chi connectivity index (χ2v) is 9.32. The van der Waals surface area contributed by atoms with Gasteiger partial charge in [0.05, 0.1) is 11.1 Å². The van der Waals surface area contributed by atoms with Crippen molar-refractivity contribution in [2.24, 2.45) is 4.99 Å². The van der Waals surface area contributed by atoms with Crippen LogP contribution in [0.4, 0.5) is 5.69 Å². The van der Waals surface area contributed by atoms with Crippen molar-refractivity contribution >= 4 is 28.1 Å². The quantitative estimate of drug-likeness (QED) is 0.226. The van der Waals surface area contributed by atoms with Crippen LogP contribution in [0.5, 0.6) is 0 Å². The van der Waals surface area contributed by atoms with Crippen LogP contribution in [-0.2, 0) is 0 Å². The van der Waals surface area contributed by atoms with Crippen molar-refractivity contribution in [2.75, 3.05) is 0 Å². The number of pyridine rings is 1. The highest BCUT2D eigenvalue weighted by atomic mass is 15.2. The van der Waals surface area contributed by atoms with Crippen LogP contribution in [0.1, 0.15) is 11.1 Å². The zero-order chi connectivity index (χ0) is 25.3. The van der Waals surface area contributed by atoms with E-state index in [1.807, 2.05) is 30.6 Å². The van der Waals surface area contributed by atoms with Crippen LogP contribution in [0.15, 0.2) is 151 Å². The number of hydrogen-bond acceptors (Lipinski definition) is 2. The Bertz CT molecular complexity index is 1820. The topological polar surface area (TPSA) is 28.3 Å². The molecule has 0 atom stereocenters. The lowest BCUT2D eigenvalue weighted by Gasteiger charge is -2.19. The molecular weight excluding hydrogens is 462 g/mol. The molecule has 0 saturated heterocycles. The summed E-state index contributed by atoms with van der Waals surface area (Å²) in [6.07, 6.45) is 3.77. The van der Waals surface area contributed by atoms with Gasteiger partial charge in [-0.05, 0) is 69.9 Å². The van der Waals surface area contributed by atoms with Crippen molar-refractivity contribution in [3.8, 4) is 22.3 Å². The van der Waals surface area contributed by atoms with Crippen molar-refractivity contribution in [1.29, 1.82) is 0 Å². The molecule has 0 N–H and O–H groups in total. The molecule has 1 aliphatic heterocycles. The van der Waals surface area contributed by atoms with Gasteiger partial charge in [0.25, 0.3) is 11.7 Å². The van der Waals surface area contributed by atoms with E-state index in [1.54, 1.807) is 0 Å². The third-order valence-corrected chi connectivity index (χ3v) is 7.02. The predicted octanol–water partition coefficient (Wildman–Crippen LogP) is 8.12. The molecule has 1 aromatic heterocycles. The van der Waals surface area contributed by atoms with E-state index < -0.39 is 0 Å². The Morgan fingerprint density at radius 3 is 1.95 bits per heavy atom. The Hall–Kier alpha value is -5.15. The predicted molar refractivity (Wildman–Crippen MR) is 156 cm³/mol. The standard InChI is InChI=1S/C35H24N3/c1-3-11-27(12-4-1)34-37-35(38(34)30-14-5-2-6-15-30)28-19-17-26(18-20-28)32-22-21-25-10-7-8-16-31(25)33(32)29-13-9-23-36-24-29/h1-24H/q+1. The highest BCUT2D eigenvalue weighted by Crippen LogP contribution is 2.38. The van der Waals surface area contributed by atoms with Crippen LogP contribution >= 0.6 is 0 Å². The zero-order valence-corrected chi connectivity index (χ0v) is 20.7. The molecule has 0 amide bonds. The lowest BCUT2D eigenvalue weighted by Crippen LogP contribution is -2.34. The normalized spacial score (nSPS) is 12.8. The van der Waals surface area contributed by atoms with E-state index in [0.717, 1.165) is 39.6 Å². The van der Waals surface area contributed by atoms with E-state index >= 15 is 0 Å². The van der Waals surface area contributed by atoms with E-state index in [9.17, 15) is 0 Å². The molecule has 3 heteroatoms. The minimum Gasteiger partial charge on any atom is -0.264 e. The van der Waals surface area contributed by atoms with E-state index in [4.69, 9.17) is 4.99 Å². The lowest BCUT2D eigenvalue weighted by molar-refractivity contribution is -0.319. The Kier molecular flexibility index (Phi) is 5.45. The molecule has 178 valence electrons. The van der Waals surface area contributed by atoms with Gasteiger partial charge >= 0.3 is 0 Å². The summed E-state index contributed by atoms with van der Waals surface area (Å²) in [4.78, 5) is 9.38. The summed E-state index contributed by atoms with van der Waals surface area (Å²) in [5, 5.41) is 2.45. The number of nitrogens with zero attached hydrogens (tertiary/aromatic N) is 3. The van der Waals surface area contributed by atoms with Gasteiger partial charge in [0.1, 0.15) is 5.69 Å². The summed E-state index contributed by atoms with van der Waals surface area (Å²) < 4.78 is 2.24.